The number of hydrogen-bond acceptors (Lipinski definition) is 4. The third kappa shape index (κ3) is 1.29. The maximum Gasteiger partial charge on any atom is 0.0594 e. The Morgan fingerprint density at radius 1 is 1.14 bits per heavy atom. The van der Waals surface area contributed by atoms with Gasteiger partial charge in [0, 0.05) is 37.6 Å². The molecule has 4 heteroatoms. The monoisotopic (exact) mass is 198 g/mol. The van der Waals surface area contributed by atoms with Gasteiger partial charge < -0.3 is 14.8 Å². The Kier molecular flexibility index (Phi) is 2.24. The van der Waals surface area contributed by atoms with Crippen molar-refractivity contribution in [2.75, 3.05) is 52.6 Å². The van der Waals surface area contributed by atoms with E-state index in [0.29, 0.717) is 11.5 Å². The van der Waals surface area contributed by atoms with Gasteiger partial charge in [-0.05, 0) is 0 Å². The van der Waals surface area contributed by atoms with E-state index in [1.807, 2.05) is 0 Å². The van der Waals surface area contributed by atoms with Crippen LogP contribution in [0.2, 0.25) is 0 Å². The van der Waals surface area contributed by atoms with Crippen LogP contribution in [-0.4, -0.2) is 63.5 Å². The van der Waals surface area contributed by atoms with Crippen LogP contribution in [0.3, 0.4) is 0 Å². The number of hydrogen-bond donors (Lipinski definition) is 1. The van der Waals surface area contributed by atoms with Gasteiger partial charge in [0.2, 0.25) is 0 Å². The smallest absolute Gasteiger partial charge is 0.0594 e. The Hall–Kier alpha value is -0.160. The van der Waals surface area contributed by atoms with Crippen LogP contribution >= 0.6 is 0 Å². The van der Waals surface area contributed by atoms with Crippen molar-refractivity contribution in [2.24, 2.45) is 5.41 Å². The van der Waals surface area contributed by atoms with Gasteiger partial charge in [0.15, 0.2) is 0 Å². The summed E-state index contributed by atoms with van der Waals surface area (Å²) in [7, 11) is 0. The quantitative estimate of drug-likeness (QED) is 0.604. The zero-order valence-corrected chi connectivity index (χ0v) is 8.50. The molecule has 1 atom stereocenters. The second kappa shape index (κ2) is 3.45. The van der Waals surface area contributed by atoms with Gasteiger partial charge in [0.05, 0.1) is 26.4 Å². The second-order valence-corrected chi connectivity index (χ2v) is 4.65. The molecule has 0 aromatic carbocycles. The molecule has 0 saturated carbocycles. The number of nitrogens with one attached hydrogen (secondary N) is 1. The van der Waals surface area contributed by atoms with E-state index in [1.54, 1.807) is 0 Å². The Labute approximate surface area is 84.5 Å². The first-order chi connectivity index (χ1) is 6.91. The summed E-state index contributed by atoms with van der Waals surface area (Å²) < 4.78 is 10.8. The van der Waals surface area contributed by atoms with E-state index in [1.165, 1.54) is 0 Å². The predicted molar refractivity (Wildman–Crippen MR) is 52.3 cm³/mol. The van der Waals surface area contributed by atoms with Crippen molar-refractivity contribution in [1.82, 2.24) is 10.2 Å². The lowest BCUT2D eigenvalue weighted by molar-refractivity contribution is -0.141. The number of rotatable bonds is 1. The van der Waals surface area contributed by atoms with Crippen molar-refractivity contribution in [1.29, 1.82) is 0 Å². The number of ether oxygens (including phenoxy) is 2. The second-order valence-electron chi connectivity index (χ2n) is 4.65. The fourth-order valence-corrected chi connectivity index (χ4v) is 2.86. The minimum absolute atomic E-state index is 0.428. The van der Waals surface area contributed by atoms with Crippen molar-refractivity contribution < 1.29 is 9.47 Å². The molecule has 3 fully saturated rings. The molecule has 3 heterocycles. The molecule has 3 aliphatic rings. The summed E-state index contributed by atoms with van der Waals surface area (Å²) in [6.45, 7) is 8.13. The van der Waals surface area contributed by atoms with E-state index in [9.17, 15) is 0 Å². The molecule has 0 amide bonds. The third-order valence-corrected chi connectivity index (χ3v) is 3.79. The molecule has 1 unspecified atom stereocenters. The van der Waals surface area contributed by atoms with E-state index in [2.05, 4.69) is 10.2 Å². The highest BCUT2D eigenvalue weighted by molar-refractivity contribution is 5.04. The molecular formula is C10H18N2O2. The standard InChI is InChI=1S/C10H18N2O2/c1-3-13-4-2-12(1)9-5-11-6-10(9)7-14-8-10/h9,11H,1-8H2. The zero-order chi connectivity index (χ0) is 9.43. The molecule has 3 aliphatic heterocycles. The topological polar surface area (TPSA) is 33.7 Å². The van der Waals surface area contributed by atoms with E-state index < -0.39 is 0 Å². The summed E-state index contributed by atoms with van der Waals surface area (Å²) in [5.74, 6) is 0. The first-order valence-corrected chi connectivity index (χ1v) is 5.51. The summed E-state index contributed by atoms with van der Waals surface area (Å²) in [6, 6.07) is 0.681. The molecule has 0 aromatic heterocycles. The first-order valence-electron chi connectivity index (χ1n) is 5.51. The summed E-state index contributed by atoms with van der Waals surface area (Å²) in [6.07, 6.45) is 0. The van der Waals surface area contributed by atoms with Crippen LogP contribution in [0.25, 0.3) is 0 Å². The Balaban J connectivity index is 1.70. The van der Waals surface area contributed by atoms with E-state index >= 15 is 0 Å². The Morgan fingerprint density at radius 3 is 2.57 bits per heavy atom. The average molecular weight is 198 g/mol. The lowest BCUT2D eigenvalue weighted by Gasteiger charge is -2.47. The van der Waals surface area contributed by atoms with Crippen LogP contribution in [0, 0.1) is 5.41 Å². The van der Waals surface area contributed by atoms with Crippen molar-refractivity contribution in [3.05, 3.63) is 0 Å². The van der Waals surface area contributed by atoms with Gasteiger partial charge in [-0.3, -0.25) is 4.90 Å². The summed E-state index contributed by atoms with van der Waals surface area (Å²) >= 11 is 0. The number of morpholine rings is 1. The summed E-state index contributed by atoms with van der Waals surface area (Å²) in [4.78, 5) is 2.58. The Bertz CT molecular complexity index is 212. The van der Waals surface area contributed by atoms with Gasteiger partial charge in [-0.25, -0.2) is 0 Å². The van der Waals surface area contributed by atoms with Crippen molar-refractivity contribution in [3.8, 4) is 0 Å². The van der Waals surface area contributed by atoms with Crippen LogP contribution in [-0.2, 0) is 9.47 Å². The molecule has 0 aliphatic carbocycles. The van der Waals surface area contributed by atoms with Crippen LogP contribution < -0.4 is 5.32 Å². The SMILES string of the molecule is C1CN(C2CNCC23COC3)CCO1. The first kappa shape index (κ1) is 9.09. The highest BCUT2D eigenvalue weighted by atomic mass is 16.5. The molecule has 1 N–H and O–H groups in total. The van der Waals surface area contributed by atoms with Crippen LogP contribution in [0.15, 0.2) is 0 Å². The molecule has 3 saturated heterocycles. The van der Waals surface area contributed by atoms with Gasteiger partial charge in [-0.1, -0.05) is 0 Å². The lowest BCUT2D eigenvalue weighted by atomic mass is 9.80. The maximum atomic E-state index is 5.39. The molecule has 14 heavy (non-hydrogen) atoms. The van der Waals surface area contributed by atoms with E-state index in [4.69, 9.17) is 9.47 Å². The average Bonchev–Trinajstić information content (AvgIpc) is 2.62. The highest BCUT2D eigenvalue weighted by Gasteiger charge is 2.51. The van der Waals surface area contributed by atoms with Crippen molar-refractivity contribution >= 4 is 0 Å². The molecular weight excluding hydrogens is 180 g/mol. The maximum absolute atomic E-state index is 5.39. The molecule has 0 bridgehead atoms. The van der Waals surface area contributed by atoms with Gasteiger partial charge >= 0.3 is 0 Å². The normalized spacial score (nSPS) is 37.3. The van der Waals surface area contributed by atoms with Gasteiger partial charge in [-0.15, -0.1) is 0 Å². The van der Waals surface area contributed by atoms with Gasteiger partial charge in [-0.2, -0.15) is 0 Å². The molecule has 80 valence electrons. The van der Waals surface area contributed by atoms with Crippen LogP contribution in [0.5, 0.6) is 0 Å². The minimum Gasteiger partial charge on any atom is -0.380 e. The predicted octanol–water partition coefficient (Wildman–Crippen LogP) is -0.693. The largest absolute Gasteiger partial charge is 0.380 e. The molecule has 0 aromatic rings. The highest BCUT2D eigenvalue weighted by Crippen LogP contribution is 2.37. The zero-order valence-electron chi connectivity index (χ0n) is 8.50. The summed E-state index contributed by atoms with van der Waals surface area (Å²) in [5, 5.41) is 3.50. The van der Waals surface area contributed by atoms with Crippen LogP contribution in [0.1, 0.15) is 0 Å². The van der Waals surface area contributed by atoms with Crippen molar-refractivity contribution in [2.45, 2.75) is 6.04 Å². The fourth-order valence-electron chi connectivity index (χ4n) is 2.86. The van der Waals surface area contributed by atoms with E-state index in [0.717, 1.165) is 52.6 Å². The third-order valence-electron chi connectivity index (χ3n) is 3.79. The summed E-state index contributed by atoms with van der Waals surface area (Å²) in [5.41, 5.74) is 0.428. The Morgan fingerprint density at radius 2 is 1.93 bits per heavy atom. The van der Waals surface area contributed by atoms with Crippen LogP contribution in [0.4, 0.5) is 0 Å². The molecule has 4 nitrogen and oxygen atoms in total. The van der Waals surface area contributed by atoms with Crippen molar-refractivity contribution in [3.63, 3.8) is 0 Å². The fraction of sp³-hybridized carbons (Fsp3) is 1.00. The van der Waals surface area contributed by atoms with Gasteiger partial charge in [0.25, 0.3) is 0 Å². The van der Waals surface area contributed by atoms with Gasteiger partial charge in [0.1, 0.15) is 0 Å². The minimum atomic E-state index is 0.428. The molecule has 1 spiro atoms. The van der Waals surface area contributed by atoms with E-state index in [-0.39, 0.29) is 0 Å². The number of nitrogens with zero attached hydrogens (tertiary/aromatic N) is 1. The lowest BCUT2D eigenvalue weighted by Crippen LogP contribution is -2.59. The molecule has 3 rings (SSSR count). The molecule has 0 radical (unpaired) electrons.